The lowest BCUT2D eigenvalue weighted by Crippen LogP contribution is -1.83. The molecule has 54 valence electrons. The summed E-state index contributed by atoms with van der Waals surface area (Å²) in [6.45, 7) is 0. The Morgan fingerprint density at radius 1 is 1.10 bits per heavy atom. The van der Waals surface area contributed by atoms with Crippen LogP contribution in [0.15, 0.2) is 30.3 Å². The Kier molecular flexibility index (Phi) is 3.46. The largest absolute Gasteiger partial charge is 0.0622 e. The zero-order valence-corrected chi connectivity index (χ0v) is 7.63. The highest BCUT2D eigenvalue weighted by atomic mass is 31.0. The van der Waals surface area contributed by atoms with E-state index in [-0.39, 0.29) is 0 Å². The van der Waals surface area contributed by atoms with Crippen molar-refractivity contribution in [3.05, 3.63) is 35.9 Å². The fraction of sp³-hybridized carbons (Fsp3) is 0.333. The van der Waals surface area contributed by atoms with E-state index in [0.29, 0.717) is 0 Å². The van der Waals surface area contributed by atoms with Crippen molar-refractivity contribution >= 4 is 9.24 Å². The maximum absolute atomic E-state index is 2.19. The molecule has 1 heteroatoms. The van der Waals surface area contributed by atoms with Crippen LogP contribution in [0.25, 0.3) is 0 Å². The summed E-state index contributed by atoms with van der Waals surface area (Å²) >= 11 is 0. The molecule has 0 radical (unpaired) electrons. The van der Waals surface area contributed by atoms with Gasteiger partial charge in [0.05, 0.1) is 6.16 Å². The normalized spacial score (nSPS) is 10.0. The van der Waals surface area contributed by atoms with E-state index in [0.717, 1.165) is 0 Å². The molecular weight excluding hydrogens is 139 g/mol. The van der Waals surface area contributed by atoms with Crippen LogP contribution in [0.4, 0.5) is 0 Å². The van der Waals surface area contributed by atoms with Gasteiger partial charge < -0.3 is 0 Å². The maximum Gasteiger partial charge on any atom is 0.0529 e. The Morgan fingerprint density at radius 2 is 1.80 bits per heavy atom. The third-order valence-corrected chi connectivity index (χ3v) is 2.06. The molecule has 0 amide bonds. The molecule has 0 aliphatic rings. The van der Waals surface area contributed by atoms with Gasteiger partial charge in [-0.1, -0.05) is 30.3 Å². The third-order valence-electron chi connectivity index (χ3n) is 1.56. The van der Waals surface area contributed by atoms with Crippen LogP contribution in [-0.4, -0.2) is 6.16 Å². The molecule has 10 heavy (non-hydrogen) atoms. The first kappa shape index (κ1) is 7.75. The van der Waals surface area contributed by atoms with Gasteiger partial charge in [-0.05, 0) is 27.6 Å². The Bertz CT molecular complexity index is 169. The summed E-state index contributed by atoms with van der Waals surface area (Å²) in [5, 5.41) is 0. The zero-order chi connectivity index (χ0) is 7.23. The predicted octanol–water partition coefficient (Wildman–Crippen LogP) is 2.23. The van der Waals surface area contributed by atoms with Crippen LogP contribution in [0, 0.1) is 0 Å². The predicted molar refractivity (Wildman–Crippen MR) is 50.7 cm³/mol. The Labute approximate surface area is 64.9 Å². The van der Waals surface area contributed by atoms with Gasteiger partial charge in [0.1, 0.15) is 0 Å². The lowest BCUT2D eigenvalue weighted by atomic mass is 10.1. The molecule has 0 fully saturated rings. The minimum atomic E-state index is 1.24. The van der Waals surface area contributed by atoms with Crippen molar-refractivity contribution in [2.75, 3.05) is 6.16 Å². The van der Waals surface area contributed by atoms with E-state index in [9.17, 15) is 0 Å². The van der Waals surface area contributed by atoms with Crippen molar-refractivity contribution in [1.82, 2.24) is 0 Å². The zero-order valence-electron chi connectivity index (χ0n) is 6.22. The summed E-state index contributed by atoms with van der Waals surface area (Å²) in [6.07, 6.45) is 3.88. The van der Waals surface area contributed by atoms with Crippen molar-refractivity contribution in [3.63, 3.8) is 0 Å². The second-order valence-electron chi connectivity index (χ2n) is 2.44. The molecule has 1 aromatic carbocycles. The minimum absolute atomic E-state index is 1.24. The summed E-state index contributed by atoms with van der Waals surface area (Å²) in [6, 6.07) is 10.7. The van der Waals surface area contributed by atoms with Gasteiger partial charge in [0.15, 0.2) is 0 Å². The summed E-state index contributed by atoms with van der Waals surface area (Å²) in [5.74, 6) is 0. The fourth-order valence-corrected chi connectivity index (χ4v) is 1.22. The van der Waals surface area contributed by atoms with Gasteiger partial charge in [0.2, 0.25) is 0 Å². The number of benzene rings is 1. The first-order valence-electron chi connectivity index (χ1n) is 3.76. The number of hydrogen-bond acceptors (Lipinski definition) is 0. The van der Waals surface area contributed by atoms with Gasteiger partial charge in [0.25, 0.3) is 0 Å². The van der Waals surface area contributed by atoms with Crippen LogP contribution in [0.1, 0.15) is 12.0 Å². The minimum Gasteiger partial charge on any atom is -0.0622 e. The van der Waals surface area contributed by atoms with E-state index in [1.54, 1.807) is 0 Å². The van der Waals surface area contributed by atoms with Gasteiger partial charge in [-0.15, -0.1) is 0 Å². The number of hydrogen-bond donors (Lipinski definition) is 0. The molecule has 0 saturated carbocycles. The van der Waals surface area contributed by atoms with Gasteiger partial charge in [-0.25, -0.2) is 0 Å². The SMILES string of the molecule is [PH3+]CCCc1ccccc1. The second-order valence-corrected chi connectivity index (χ2v) is 3.15. The van der Waals surface area contributed by atoms with Crippen LogP contribution in [-0.2, 0) is 6.42 Å². The van der Waals surface area contributed by atoms with Gasteiger partial charge in [-0.3, -0.25) is 0 Å². The Balaban J connectivity index is 2.43. The molecule has 1 unspecified atom stereocenters. The molecule has 0 aliphatic carbocycles. The quantitative estimate of drug-likeness (QED) is 0.584. The first-order chi connectivity index (χ1) is 4.93. The van der Waals surface area contributed by atoms with E-state index in [1.165, 1.54) is 24.6 Å². The second kappa shape index (κ2) is 4.46. The van der Waals surface area contributed by atoms with Crippen molar-refractivity contribution in [3.8, 4) is 0 Å². The summed E-state index contributed by atoms with van der Waals surface area (Å²) in [5.41, 5.74) is 1.47. The van der Waals surface area contributed by atoms with E-state index < -0.39 is 0 Å². The van der Waals surface area contributed by atoms with Crippen molar-refractivity contribution in [2.45, 2.75) is 12.8 Å². The van der Waals surface area contributed by atoms with Gasteiger partial charge in [0, 0.05) is 0 Å². The number of aryl methyl sites for hydroxylation is 1. The average molecular weight is 153 g/mol. The molecule has 0 nitrogen and oxygen atoms in total. The molecule has 0 heterocycles. The average Bonchev–Trinajstić information content (AvgIpc) is 2.03. The van der Waals surface area contributed by atoms with Crippen molar-refractivity contribution in [1.29, 1.82) is 0 Å². The fourth-order valence-electron chi connectivity index (χ4n) is 0.974. The lowest BCUT2D eigenvalue weighted by molar-refractivity contribution is 0.934. The third kappa shape index (κ3) is 2.49. The monoisotopic (exact) mass is 153 g/mol. The van der Waals surface area contributed by atoms with Crippen molar-refractivity contribution < 1.29 is 0 Å². The number of rotatable bonds is 3. The highest BCUT2D eigenvalue weighted by Gasteiger charge is 1.89. The highest BCUT2D eigenvalue weighted by Crippen LogP contribution is 2.02. The molecule has 1 atom stereocenters. The highest BCUT2D eigenvalue weighted by molar-refractivity contribution is 7.16. The van der Waals surface area contributed by atoms with Crippen LogP contribution < -0.4 is 0 Å². The molecular formula is C9H14P+. The van der Waals surface area contributed by atoms with Crippen LogP contribution in [0.2, 0.25) is 0 Å². The smallest absolute Gasteiger partial charge is 0.0529 e. The maximum atomic E-state index is 2.19. The first-order valence-corrected chi connectivity index (χ1v) is 4.76. The molecule has 0 spiro atoms. The van der Waals surface area contributed by atoms with Gasteiger partial charge in [-0.2, -0.15) is 0 Å². The van der Waals surface area contributed by atoms with E-state index in [2.05, 4.69) is 39.6 Å². The van der Waals surface area contributed by atoms with Crippen LogP contribution in [0.5, 0.6) is 0 Å². The summed E-state index contributed by atoms with van der Waals surface area (Å²) in [7, 11) is 2.05. The van der Waals surface area contributed by atoms with Crippen molar-refractivity contribution in [2.24, 2.45) is 0 Å². The Hall–Kier alpha value is -0.350. The van der Waals surface area contributed by atoms with E-state index >= 15 is 0 Å². The van der Waals surface area contributed by atoms with E-state index in [1.807, 2.05) is 0 Å². The van der Waals surface area contributed by atoms with Crippen LogP contribution in [0.3, 0.4) is 0 Å². The van der Waals surface area contributed by atoms with Gasteiger partial charge >= 0.3 is 0 Å². The van der Waals surface area contributed by atoms with Crippen LogP contribution >= 0.6 is 9.24 Å². The summed E-state index contributed by atoms with van der Waals surface area (Å²) < 4.78 is 0. The molecule has 0 saturated heterocycles. The topological polar surface area (TPSA) is 0 Å². The summed E-state index contributed by atoms with van der Waals surface area (Å²) in [4.78, 5) is 0. The molecule has 0 bridgehead atoms. The molecule has 1 aromatic rings. The molecule has 0 aromatic heterocycles. The molecule has 0 N–H and O–H groups in total. The van der Waals surface area contributed by atoms with E-state index in [4.69, 9.17) is 0 Å². The lowest BCUT2D eigenvalue weighted by Gasteiger charge is -1.95. The standard InChI is InChI=1S/C9H13P/c10-8-4-7-9-5-2-1-3-6-9/h1-3,5-6H,4,7-8,10H2/p+1. The molecule has 0 aliphatic heterocycles. The molecule has 1 rings (SSSR count). The Morgan fingerprint density at radius 3 is 2.40 bits per heavy atom.